The van der Waals surface area contributed by atoms with Crippen LogP contribution in [0.25, 0.3) is 0 Å². The van der Waals surface area contributed by atoms with E-state index in [4.69, 9.17) is 9.47 Å². The average molecular weight is 427 g/mol. The fourth-order valence-corrected chi connectivity index (χ4v) is 4.24. The quantitative estimate of drug-likeness (QED) is 0.686. The molecule has 1 N–H and O–H groups in total. The number of nitrogens with zero attached hydrogens (tertiary/aromatic N) is 3. The maximum atomic E-state index is 13.1. The van der Waals surface area contributed by atoms with E-state index in [1.165, 1.54) is 0 Å². The number of methoxy groups -OCH3 is 1. The van der Waals surface area contributed by atoms with Crippen LogP contribution in [0.2, 0.25) is 0 Å². The number of imidazole rings is 1. The van der Waals surface area contributed by atoms with Gasteiger partial charge in [-0.15, -0.1) is 0 Å². The summed E-state index contributed by atoms with van der Waals surface area (Å²) in [7, 11) is 1.65. The maximum absolute atomic E-state index is 13.1. The molecule has 4 rings (SSSR count). The van der Waals surface area contributed by atoms with Gasteiger partial charge in [0.05, 0.1) is 25.2 Å². The normalized spacial score (nSPS) is 19.1. The van der Waals surface area contributed by atoms with E-state index in [9.17, 15) is 9.59 Å². The SMILES string of the molecule is COCCCNC(=O)C1CCN(C(=O)c2ncn3c2COC(c2ccccc2)C3)CC1. The predicted molar refractivity (Wildman–Crippen MR) is 114 cm³/mol. The zero-order valence-corrected chi connectivity index (χ0v) is 18.0. The largest absolute Gasteiger partial charge is 0.385 e. The molecule has 1 fully saturated rings. The highest BCUT2D eigenvalue weighted by Crippen LogP contribution is 2.28. The third-order valence-corrected chi connectivity index (χ3v) is 6.08. The molecule has 3 heterocycles. The molecule has 8 heteroatoms. The highest BCUT2D eigenvalue weighted by atomic mass is 16.5. The zero-order valence-electron chi connectivity index (χ0n) is 18.0. The van der Waals surface area contributed by atoms with Crippen LogP contribution in [-0.2, 0) is 27.4 Å². The van der Waals surface area contributed by atoms with Crippen molar-refractivity contribution in [2.45, 2.75) is 38.5 Å². The maximum Gasteiger partial charge on any atom is 0.274 e. The Kier molecular flexibility index (Phi) is 6.99. The molecule has 1 saturated heterocycles. The lowest BCUT2D eigenvalue weighted by Crippen LogP contribution is -2.43. The fourth-order valence-electron chi connectivity index (χ4n) is 4.24. The summed E-state index contributed by atoms with van der Waals surface area (Å²) in [6.07, 6.45) is 3.85. The molecule has 1 aromatic carbocycles. The number of ether oxygens (including phenoxy) is 2. The van der Waals surface area contributed by atoms with Crippen molar-refractivity contribution >= 4 is 11.8 Å². The summed E-state index contributed by atoms with van der Waals surface area (Å²) in [5.41, 5.74) is 2.42. The number of benzene rings is 1. The van der Waals surface area contributed by atoms with Crippen LogP contribution in [0, 0.1) is 5.92 Å². The molecule has 2 aliphatic rings. The molecular formula is C23H30N4O4. The Morgan fingerprint density at radius 3 is 2.74 bits per heavy atom. The summed E-state index contributed by atoms with van der Waals surface area (Å²) in [5, 5.41) is 2.96. The van der Waals surface area contributed by atoms with Gasteiger partial charge in [-0.2, -0.15) is 0 Å². The zero-order chi connectivity index (χ0) is 21.6. The first-order chi connectivity index (χ1) is 15.2. The lowest BCUT2D eigenvalue weighted by molar-refractivity contribution is -0.126. The van der Waals surface area contributed by atoms with Gasteiger partial charge in [0.25, 0.3) is 5.91 Å². The third-order valence-electron chi connectivity index (χ3n) is 6.08. The summed E-state index contributed by atoms with van der Waals surface area (Å²) in [6, 6.07) is 10.1. The molecule has 166 valence electrons. The number of rotatable bonds is 7. The predicted octanol–water partition coefficient (Wildman–Crippen LogP) is 2.16. The number of hydrogen-bond acceptors (Lipinski definition) is 5. The van der Waals surface area contributed by atoms with E-state index in [-0.39, 0.29) is 23.8 Å². The van der Waals surface area contributed by atoms with Crippen molar-refractivity contribution in [3.63, 3.8) is 0 Å². The third kappa shape index (κ3) is 4.97. The van der Waals surface area contributed by atoms with Crippen LogP contribution in [0.5, 0.6) is 0 Å². The molecule has 2 amide bonds. The van der Waals surface area contributed by atoms with Crippen molar-refractivity contribution in [1.82, 2.24) is 19.8 Å². The van der Waals surface area contributed by atoms with E-state index >= 15 is 0 Å². The van der Waals surface area contributed by atoms with Crippen molar-refractivity contribution in [2.24, 2.45) is 5.92 Å². The number of carbonyl (C=O) groups is 2. The standard InChI is InChI=1S/C23H30N4O4/c1-30-13-5-10-24-22(28)18-8-11-26(12-9-18)23(29)21-19-15-31-20(14-27(19)16-25-21)17-6-3-2-4-7-17/h2-4,6-7,16,18,20H,5,8-15H2,1H3,(H,24,28). The van der Waals surface area contributed by atoms with Crippen LogP contribution >= 0.6 is 0 Å². The Labute approximate surface area is 182 Å². The number of aromatic nitrogens is 2. The topological polar surface area (TPSA) is 85.7 Å². The highest BCUT2D eigenvalue weighted by molar-refractivity contribution is 5.93. The van der Waals surface area contributed by atoms with E-state index in [1.807, 2.05) is 22.8 Å². The molecule has 1 aromatic heterocycles. The van der Waals surface area contributed by atoms with Crippen LogP contribution < -0.4 is 5.32 Å². The van der Waals surface area contributed by atoms with Crippen LogP contribution in [0.15, 0.2) is 36.7 Å². The summed E-state index contributed by atoms with van der Waals surface area (Å²) >= 11 is 0. The van der Waals surface area contributed by atoms with Crippen molar-refractivity contribution in [1.29, 1.82) is 0 Å². The molecule has 0 radical (unpaired) electrons. The summed E-state index contributed by atoms with van der Waals surface area (Å²) in [6.45, 7) is 3.39. The number of hydrogen-bond donors (Lipinski definition) is 1. The Hall–Kier alpha value is -2.71. The van der Waals surface area contributed by atoms with Gasteiger partial charge in [0.1, 0.15) is 6.10 Å². The van der Waals surface area contributed by atoms with Crippen molar-refractivity contribution in [3.8, 4) is 0 Å². The number of piperidine rings is 1. The van der Waals surface area contributed by atoms with Crippen LogP contribution in [0.3, 0.4) is 0 Å². The first-order valence-electron chi connectivity index (χ1n) is 10.9. The van der Waals surface area contributed by atoms with Gasteiger partial charge in [-0.25, -0.2) is 4.98 Å². The Morgan fingerprint density at radius 1 is 1.23 bits per heavy atom. The number of nitrogens with one attached hydrogen (secondary N) is 1. The van der Waals surface area contributed by atoms with Gasteiger partial charge < -0.3 is 24.3 Å². The van der Waals surface area contributed by atoms with E-state index < -0.39 is 0 Å². The minimum atomic E-state index is -0.0746. The molecule has 2 aromatic rings. The molecular weight excluding hydrogens is 396 g/mol. The number of likely N-dealkylation sites (tertiary alicyclic amines) is 1. The molecule has 0 aliphatic carbocycles. The second kappa shape index (κ2) is 10.1. The molecule has 0 bridgehead atoms. The lowest BCUT2D eigenvalue weighted by atomic mass is 9.95. The first-order valence-corrected chi connectivity index (χ1v) is 10.9. The molecule has 0 saturated carbocycles. The van der Waals surface area contributed by atoms with Crippen LogP contribution in [-0.4, -0.2) is 59.6 Å². The Bertz CT molecular complexity index is 890. The first kappa shape index (κ1) is 21.5. The van der Waals surface area contributed by atoms with E-state index in [1.54, 1.807) is 18.3 Å². The summed E-state index contributed by atoms with van der Waals surface area (Å²) in [5.74, 6) is -0.0464. The molecule has 2 aliphatic heterocycles. The van der Waals surface area contributed by atoms with Crippen molar-refractivity contribution in [3.05, 3.63) is 53.6 Å². The van der Waals surface area contributed by atoms with E-state index in [0.717, 1.165) is 17.7 Å². The monoisotopic (exact) mass is 426 g/mol. The van der Waals surface area contributed by atoms with E-state index in [0.29, 0.717) is 57.9 Å². The van der Waals surface area contributed by atoms with E-state index in [2.05, 4.69) is 22.4 Å². The lowest BCUT2D eigenvalue weighted by Gasteiger charge is -2.31. The smallest absolute Gasteiger partial charge is 0.274 e. The molecule has 1 atom stereocenters. The van der Waals surface area contributed by atoms with Crippen molar-refractivity contribution < 1.29 is 19.1 Å². The molecule has 8 nitrogen and oxygen atoms in total. The van der Waals surface area contributed by atoms with Gasteiger partial charge in [0.2, 0.25) is 5.91 Å². The van der Waals surface area contributed by atoms with Crippen LogP contribution in [0.1, 0.15) is 47.1 Å². The minimum absolute atomic E-state index is 0.0380. The van der Waals surface area contributed by atoms with Crippen molar-refractivity contribution in [2.75, 3.05) is 33.4 Å². The molecule has 0 spiro atoms. The molecule has 1 unspecified atom stereocenters. The van der Waals surface area contributed by atoms with Gasteiger partial charge in [-0.3, -0.25) is 9.59 Å². The average Bonchev–Trinajstić information content (AvgIpc) is 3.25. The number of fused-ring (bicyclic) bond motifs is 1. The Morgan fingerprint density at radius 2 is 2.00 bits per heavy atom. The summed E-state index contributed by atoms with van der Waals surface area (Å²) in [4.78, 5) is 31.6. The molecule has 31 heavy (non-hydrogen) atoms. The summed E-state index contributed by atoms with van der Waals surface area (Å²) < 4.78 is 13.1. The van der Waals surface area contributed by atoms with Gasteiger partial charge in [-0.05, 0) is 24.8 Å². The second-order valence-corrected chi connectivity index (χ2v) is 8.11. The highest BCUT2D eigenvalue weighted by Gasteiger charge is 2.32. The number of carbonyl (C=O) groups excluding carboxylic acids is 2. The van der Waals surface area contributed by atoms with Gasteiger partial charge in [0, 0.05) is 39.3 Å². The second-order valence-electron chi connectivity index (χ2n) is 8.11. The van der Waals surface area contributed by atoms with Gasteiger partial charge in [0.15, 0.2) is 5.69 Å². The Balaban J connectivity index is 1.31. The minimum Gasteiger partial charge on any atom is -0.385 e. The van der Waals surface area contributed by atoms with Crippen LogP contribution in [0.4, 0.5) is 0 Å². The number of amides is 2. The van der Waals surface area contributed by atoms with Gasteiger partial charge >= 0.3 is 0 Å². The van der Waals surface area contributed by atoms with Gasteiger partial charge in [-0.1, -0.05) is 30.3 Å². The fraction of sp³-hybridized carbons (Fsp3) is 0.522.